The molecule has 26 heavy (non-hydrogen) atoms. The summed E-state index contributed by atoms with van der Waals surface area (Å²) >= 11 is 0. The molecule has 2 heterocycles. The van der Waals surface area contributed by atoms with Gasteiger partial charge in [0, 0.05) is 0 Å². The van der Waals surface area contributed by atoms with Crippen molar-refractivity contribution in [1.82, 2.24) is 10.3 Å². The third kappa shape index (κ3) is 3.66. The van der Waals surface area contributed by atoms with Crippen LogP contribution in [0.2, 0.25) is 0 Å². The highest BCUT2D eigenvalue weighted by Gasteiger charge is 2.32. The van der Waals surface area contributed by atoms with Crippen molar-refractivity contribution >= 4 is 5.91 Å². The minimum absolute atomic E-state index is 0.401. The van der Waals surface area contributed by atoms with Gasteiger partial charge in [-0.15, -0.1) is 0 Å². The molecule has 0 bridgehead atoms. The Morgan fingerprint density at radius 1 is 1.15 bits per heavy atom. The predicted molar refractivity (Wildman–Crippen MR) is 85.4 cm³/mol. The number of alkyl halides is 3. The van der Waals surface area contributed by atoms with Gasteiger partial charge in [0.2, 0.25) is 0 Å². The lowest BCUT2D eigenvalue weighted by molar-refractivity contribution is -0.141. The van der Waals surface area contributed by atoms with Gasteiger partial charge in [0.05, 0.1) is 6.04 Å². The molecule has 0 radical (unpaired) electrons. The lowest BCUT2D eigenvalue weighted by Crippen LogP contribution is -2.32. The summed E-state index contributed by atoms with van der Waals surface area (Å²) in [6.45, 7) is 2.55. The van der Waals surface area contributed by atoms with E-state index in [2.05, 4.69) is 5.32 Å². The van der Waals surface area contributed by atoms with Crippen LogP contribution in [0.4, 0.5) is 13.2 Å². The zero-order chi connectivity index (χ0) is 18.9. The van der Waals surface area contributed by atoms with Crippen LogP contribution in [-0.4, -0.2) is 24.1 Å². The van der Waals surface area contributed by atoms with Crippen LogP contribution in [-0.2, 0) is 6.18 Å². The van der Waals surface area contributed by atoms with Gasteiger partial charge in [-0.05, 0) is 36.8 Å². The minimum atomic E-state index is -4.69. The molecule has 0 saturated carbocycles. The van der Waals surface area contributed by atoms with Crippen molar-refractivity contribution in [2.24, 2.45) is 0 Å². The average molecular weight is 368 g/mol. The molecule has 0 aliphatic carbocycles. The number of rotatable bonds is 3. The SMILES string of the molecule is C[C@@H](NC(=O)c1ccc(C(F)(F)F)[nH]c1=O)c1ccc2c(c1)OCCO2. The van der Waals surface area contributed by atoms with Crippen molar-refractivity contribution in [3.05, 3.63) is 57.5 Å². The first-order valence-electron chi connectivity index (χ1n) is 7.76. The van der Waals surface area contributed by atoms with Crippen molar-refractivity contribution in [3.8, 4) is 11.5 Å². The van der Waals surface area contributed by atoms with Crippen LogP contribution < -0.4 is 20.3 Å². The largest absolute Gasteiger partial charge is 0.486 e. The van der Waals surface area contributed by atoms with Crippen LogP contribution in [0, 0.1) is 0 Å². The monoisotopic (exact) mass is 368 g/mol. The Kier molecular flexibility index (Phi) is 4.62. The van der Waals surface area contributed by atoms with E-state index in [9.17, 15) is 22.8 Å². The summed E-state index contributed by atoms with van der Waals surface area (Å²) in [5, 5.41) is 2.58. The van der Waals surface area contributed by atoms with Crippen LogP contribution in [0.3, 0.4) is 0 Å². The summed E-state index contributed by atoms with van der Waals surface area (Å²) in [6, 6.07) is 6.15. The number of H-pyrrole nitrogens is 1. The van der Waals surface area contributed by atoms with E-state index in [0.29, 0.717) is 36.3 Å². The predicted octanol–water partition coefficient (Wildman–Crippen LogP) is 2.66. The summed E-state index contributed by atoms with van der Waals surface area (Å²) in [5.74, 6) is 0.363. The minimum Gasteiger partial charge on any atom is -0.486 e. The van der Waals surface area contributed by atoms with Gasteiger partial charge in [-0.1, -0.05) is 6.07 Å². The molecule has 0 saturated heterocycles. The molecule has 2 N–H and O–H groups in total. The van der Waals surface area contributed by atoms with Gasteiger partial charge in [-0.2, -0.15) is 13.2 Å². The number of nitrogens with one attached hydrogen (secondary N) is 2. The van der Waals surface area contributed by atoms with E-state index in [4.69, 9.17) is 9.47 Å². The molecule has 2 aromatic rings. The maximum Gasteiger partial charge on any atom is 0.431 e. The van der Waals surface area contributed by atoms with Gasteiger partial charge < -0.3 is 19.8 Å². The molecular weight excluding hydrogens is 353 g/mol. The second-order valence-corrected chi connectivity index (χ2v) is 5.71. The van der Waals surface area contributed by atoms with E-state index in [-0.39, 0.29) is 0 Å². The number of hydrogen-bond acceptors (Lipinski definition) is 4. The highest BCUT2D eigenvalue weighted by atomic mass is 19.4. The summed E-state index contributed by atoms with van der Waals surface area (Å²) in [5.41, 5.74) is -2.01. The number of ether oxygens (including phenoxy) is 2. The summed E-state index contributed by atoms with van der Waals surface area (Å²) in [6.07, 6.45) is -4.69. The molecule has 1 aromatic heterocycles. The number of pyridine rings is 1. The molecular formula is C17H15F3N2O4. The molecule has 6 nitrogen and oxygen atoms in total. The fourth-order valence-corrected chi connectivity index (χ4v) is 2.50. The van der Waals surface area contributed by atoms with Gasteiger partial charge in [0.25, 0.3) is 11.5 Å². The molecule has 1 aliphatic heterocycles. The van der Waals surface area contributed by atoms with Crippen LogP contribution in [0.1, 0.15) is 34.6 Å². The second-order valence-electron chi connectivity index (χ2n) is 5.71. The standard InChI is InChI=1S/C17H15F3N2O4/c1-9(10-2-4-12-13(8-10)26-7-6-25-12)21-15(23)11-3-5-14(17(18,19)20)22-16(11)24/h2-5,8-9H,6-7H2,1H3,(H,21,23)(H,22,24)/t9-/m1/s1. The molecule has 1 aromatic carbocycles. The number of carbonyl (C=O) groups is 1. The van der Waals surface area contributed by atoms with Crippen molar-refractivity contribution in [3.63, 3.8) is 0 Å². The van der Waals surface area contributed by atoms with E-state index in [1.807, 2.05) is 0 Å². The molecule has 1 atom stereocenters. The fourth-order valence-electron chi connectivity index (χ4n) is 2.50. The zero-order valence-electron chi connectivity index (χ0n) is 13.6. The number of fused-ring (bicyclic) bond motifs is 1. The van der Waals surface area contributed by atoms with Gasteiger partial charge >= 0.3 is 6.18 Å². The third-order valence-corrected chi connectivity index (χ3v) is 3.87. The number of aromatic amines is 1. The molecule has 0 spiro atoms. The summed E-state index contributed by atoms with van der Waals surface area (Å²) in [7, 11) is 0. The number of halogens is 3. The highest BCUT2D eigenvalue weighted by molar-refractivity contribution is 5.94. The smallest absolute Gasteiger partial charge is 0.431 e. The van der Waals surface area contributed by atoms with E-state index >= 15 is 0 Å². The Morgan fingerprint density at radius 2 is 1.85 bits per heavy atom. The maximum absolute atomic E-state index is 12.6. The van der Waals surface area contributed by atoms with E-state index in [0.717, 1.165) is 6.07 Å². The van der Waals surface area contributed by atoms with E-state index in [1.165, 1.54) is 0 Å². The van der Waals surface area contributed by atoms with Crippen molar-refractivity contribution in [2.45, 2.75) is 19.1 Å². The molecule has 9 heteroatoms. The van der Waals surface area contributed by atoms with E-state index < -0.39 is 34.9 Å². The number of amides is 1. The lowest BCUT2D eigenvalue weighted by atomic mass is 10.1. The lowest BCUT2D eigenvalue weighted by Gasteiger charge is -2.21. The third-order valence-electron chi connectivity index (χ3n) is 3.87. The number of hydrogen-bond donors (Lipinski definition) is 2. The highest BCUT2D eigenvalue weighted by Crippen LogP contribution is 2.32. The Morgan fingerprint density at radius 3 is 2.50 bits per heavy atom. The van der Waals surface area contributed by atoms with E-state index in [1.54, 1.807) is 30.1 Å². The molecule has 3 rings (SSSR count). The van der Waals surface area contributed by atoms with Crippen molar-refractivity contribution in [1.29, 1.82) is 0 Å². The first-order valence-corrected chi connectivity index (χ1v) is 7.76. The van der Waals surface area contributed by atoms with Crippen molar-refractivity contribution < 1.29 is 27.4 Å². The van der Waals surface area contributed by atoms with Crippen molar-refractivity contribution in [2.75, 3.05) is 13.2 Å². The maximum atomic E-state index is 12.6. The van der Waals surface area contributed by atoms with Crippen LogP contribution in [0.25, 0.3) is 0 Å². The Hall–Kier alpha value is -2.97. The first kappa shape index (κ1) is 17.8. The molecule has 1 aliphatic rings. The Bertz CT molecular complexity index is 892. The van der Waals surface area contributed by atoms with Gasteiger partial charge in [0.15, 0.2) is 11.5 Å². The topological polar surface area (TPSA) is 80.4 Å². The zero-order valence-corrected chi connectivity index (χ0v) is 13.6. The Labute approximate surface area is 145 Å². The van der Waals surface area contributed by atoms with Crippen LogP contribution >= 0.6 is 0 Å². The molecule has 1 amide bonds. The second kappa shape index (κ2) is 6.74. The number of carbonyl (C=O) groups excluding carboxylic acids is 1. The summed E-state index contributed by atoms with van der Waals surface area (Å²) in [4.78, 5) is 25.7. The van der Waals surface area contributed by atoms with Crippen LogP contribution in [0.15, 0.2) is 35.1 Å². The van der Waals surface area contributed by atoms with Gasteiger partial charge in [-0.3, -0.25) is 9.59 Å². The molecule has 138 valence electrons. The first-order chi connectivity index (χ1) is 12.3. The fraction of sp³-hybridized carbons (Fsp3) is 0.294. The van der Waals surface area contributed by atoms with Crippen LogP contribution in [0.5, 0.6) is 11.5 Å². The normalized spacial score (nSPS) is 14.6. The quantitative estimate of drug-likeness (QED) is 0.873. The average Bonchev–Trinajstić information content (AvgIpc) is 2.60. The van der Waals surface area contributed by atoms with Gasteiger partial charge in [-0.25, -0.2) is 0 Å². The Balaban J connectivity index is 1.76. The number of benzene rings is 1. The molecule has 0 unspecified atom stereocenters. The van der Waals surface area contributed by atoms with Gasteiger partial charge in [0.1, 0.15) is 24.5 Å². The number of aromatic nitrogens is 1. The molecule has 0 fully saturated rings. The summed E-state index contributed by atoms with van der Waals surface area (Å²) < 4.78 is 48.6.